The van der Waals surface area contributed by atoms with Crippen molar-refractivity contribution in [3.8, 4) is 0 Å². The summed E-state index contributed by atoms with van der Waals surface area (Å²) in [5.41, 5.74) is 6.99. The molecule has 0 aromatic heterocycles. The molecule has 0 aliphatic carbocycles. The van der Waals surface area contributed by atoms with Crippen LogP contribution >= 0.6 is 15.9 Å². The standard InChI is InChI=1S/C18H20BrNO5/c1-4-23-17(21)13-10(3)25-16(20)15(18(22)24-5-2)14(13)11-7-6-8-12(19)9-11/h6-9,14H,4-5,20H2,1-3H3/t14-/m0/s1. The lowest BCUT2D eigenvalue weighted by atomic mass is 9.82. The molecule has 7 heteroatoms. The molecule has 0 amide bonds. The van der Waals surface area contributed by atoms with Crippen LogP contribution in [0.4, 0.5) is 0 Å². The van der Waals surface area contributed by atoms with Gasteiger partial charge < -0.3 is 19.9 Å². The maximum atomic E-state index is 12.5. The van der Waals surface area contributed by atoms with Gasteiger partial charge in [0.2, 0.25) is 5.88 Å². The summed E-state index contributed by atoms with van der Waals surface area (Å²) in [5.74, 6) is -1.69. The highest BCUT2D eigenvalue weighted by atomic mass is 79.9. The number of nitrogens with two attached hydrogens (primary N) is 1. The summed E-state index contributed by atoms with van der Waals surface area (Å²) in [6, 6.07) is 7.28. The van der Waals surface area contributed by atoms with Crippen molar-refractivity contribution >= 4 is 27.9 Å². The number of hydrogen-bond acceptors (Lipinski definition) is 6. The van der Waals surface area contributed by atoms with E-state index in [0.717, 1.165) is 4.47 Å². The molecule has 1 atom stereocenters. The third-order valence-electron chi connectivity index (χ3n) is 3.66. The van der Waals surface area contributed by atoms with Gasteiger partial charge in [0.25, 0.3) is 0 Å². The fourth-order valence-corrected chi connectivity index (χ4v) is 3.10. The van der Waals surface area contributed by atoms with Crippen molar-refractivity contribution in [1.29, 1.82) is 0 Å². The van der Waals surface area contributed by atoms with Gasteiger partial charge in [0.05, 0.1) is 24.7 Å². The summed E-state index contributed by atoms with van der Waals surface area (Å²) >= 11 is 3.41. The maximum absolute atomic E-state index is 12.5. The minimum Gasteiger partial charge on any atom is -0.463 e. The van der Waals surface area contributed by atoms with Gasteiger partial charge >= 0.3 is 11.9 Å². The van der Waals surface area contributed by atoms with E-state index in [1.54, 1.807) is 26.8 Å². The minimum atomic E-state index is -0.732. The Kier molecular flexibility index (Phi) is 6.25. The normalized spacial score (nSPS) is 17.2. The third-order valence-corrected chi connectivity index (χ3v) is 4.15. The molecule has 0 radical (unpaired) electrons. The quantitative estimate of drug-likeness (QED) is 0.751. The summed E-state index contributed by atoms with van der Waals surface area (Å²) in [6.45, 7) is 5.40. The molecular formula is C18H20BrNO5. The highest BCUT2D eigenvalue weighted by Gasteiger charge is 2.40. The molecule has 0 unspecified atom stereocenters. The molecule has 1 aromatic carbocycles. The number of ether oxygens (including phenoxy) is 3. The largest absolute Gasteiger partial charge is 0.463 e. The number of esters is 2. The Morgan fingerprint density at radius 2 is 1.76 bits per heavy atom. The van der Waals surface area contributed by atoms with Gasteiger partial charge in [-0.2, -0.15) is 0 Å². The first-order valence-electron chi connectivity index (χ1n) is 7.88. The van der Waals surface area contributed by atoms with Crippen LogP contribution in [0.25, 0.3) is 0 Å². The summed E-state index contributed by atoms with van der Waals surface area (Å²) in [5, 5.41) is 0. The number of rotatable bonds is 5. The Morgan fingerprint density at radius 1 is 1.16 bits per heavy atom. The van der Waals surface area contributed by atoms with Crippen molar-refractivity contribution < 1.29 is 23.8 Å². The van der Waals surface area contributed by atoms with E-state index >= 15 is 0 Å². The minimum absolute atomic E-state index is 0.0750. The van der Waals surface area contributed by atoms with E-state index in [9.17, 15) is 9.59 Å². The van der Waals surface area contributed by atoms with Gasteiger partial charge in [0, 0.05) is 4.47 Å². The van der Waals surface area contributed by atoms with Crippen LogP contribution in [-0.4, -0.2) is 25.2 Å². The molecular weight excluding hydrogens is 390 g/mol. The van der Waals surface area contributed by atoms with Crippen molar-refractivity contribution in [2.75, 3.05) is 13.2 Å². The fourth-order valence-electron chi connectivity index (χ4n) is 2.68. The Balaban J connectivity index is 2.64. The first-order valence-corrected chi connectivity index (χ1v) is 8.67. The second-order valence-corrected chi connectivity index (χ2v) is 6.19. The van der Waals surface area contributed by atoms with E-state index in [2.05, 4.69) is 15.9 Å². The second-order valence-electron chi connectivity index (χ2n) is 5.28. The molecule has 2 N–H and O–H groups in total. The average molecular weight is 410 g/mol. The van der Waals surface area contributed by atoms with Crippen LogP contribution in [0.2, 0.25) is 0 Å². The van der Waals surface area contributed by atoms with E-state index in [4.69, 9.17) is 19.9 Å². The second kappa shape index (κ2) is 8.20. The molecule has 0 saturated heterocycles. The number of hydrogen-bond donors (Lipinski definition) is 1. The van der Waals surface area contributed by atoms with Crippen molar-refractivity contribution in [3.05, 3.63) is 57.1 Å². The third kappa shape index (κ3) is 4.04. The topological polar surface area (TPSA) is 87.9 Å². The van der Waals surface area contributed by atoms with E-state index in [1.807, 2.05) is 18.2 Å². The fraction of sp³-hybridized carbons (Fsp3) is 0.333. The van der Waals surface area contributed by atoms with Crippen molar-refractivity contribution in [2.45, 2.75) is 26.7 Å². The Morgan fingerprint density at radius 3 is 2.32 bits per heavy atom. The first-order chi connectivity index (χ1) is 11.9. The molecule has 0 saturated carbocycles. The van der Waals surface area contributed by atoms with Crippen LogP contribution in [0.1, 0.15) is 32.3 Å². The summed E-state index contributed by atoms with van der Waals surface area (Å²) in [4.78, 5) is 25.0. The molecule has 1 aromatic rings. The first kappa shape index (κ1) is 19.1. The van der Waals surface area contributed by atoms with Gasteiger partial charge in [0.1, 0.15) is 11.3 Å². The van der Waals surface area contributed by atoms with E-state index in [-0.39, 0.29) is 30.2 Å². The number of carbonyl (C=O) groups excluding carboxylic acids is 2. The lowest BCUT2D eigenvalue weighted by molar-refractivity contribution is -0.140. The van der Waals surface area contributed by atoms with Crippen molar-refractivity contribution in [3.63, 3.8) is 0 Å². The van der Waals surface area contributed by atoms with E-state index in [0.29, 0.717) is 11.3 Å². The van der Waals surface area contributed by atoms with Gasteiger partial charge in [-0.15, -0.1) is 0 Å². The zero-order chi connectivity index (χ0) is 18.6. The Hall–Kier alpha value is -2.28. The van der Waals surface area contributed by atoms with Gasteiger partial charge in [0.15, 0.2) is 0 Å². The summed E-state index contributed by atoms with van der Waals surface area (Å²) in [6.07, 6.45) is 0. The maximum Gasteiger partial charge on any atom is 0.340 e. The Labute approximate surface area is 154 Å². The predicted octanol–water partition coefficient (Wildman–Crippen LogP) is 3.13. The predicted molar refractivity (Wildman–Crippen MR) is 95.1 cm³/mol. The van der Waals surface area contributed by atoms with E-state index in [1.165, 1.54) is 0 Å². The SMILES string of the molecule is CCOC(=O)C1=C(C)OC(N)=C(C(=O)OCC)[C@H]1c1cccc(Br)c1. The van der Waals surface area contributed by atoms with Crippen molar-refractivity contribution in [2.24, 2.45) is 5.73 Å². The number of carbonyl (C=O) groups is 2. The molecule has 1 aliphatic rings. The van der Waals surface area contributed by atoms with Crippen LogP contribution in [0, 0.1) is 0 Å². The summed E-state index contributed by atoms with van der Waals surface area (Å²) in [7, 11) is 0. The molecule has 0 fully saturated rings. The van der Waals surface area contributed by atoms with Crippen LogP contribution < -0.4 is 5.73 Å². The van der Waals surface area contributed by atoms with Crippen LogP contribution in [-0.2, 0) is 23.8 Å². The molecule has 0 bridgehead atoms. The monoisotopic (exact) mass is 409 g/mol. The van der Waals surface area contributed by atoms with Gasteiger partial charge in [-0.05, 0) is 38.5 Å². The lowest BCUT2D eigenvalue weighted by Gasteiger charge is -2.28. The van der Waals surface area contributed by atoms with Crippen LogP contribution in [0.3, 0.4) is 0 Å². The van der Waals surface area contributed by atoms with Crippen LogP contribution in [0.15, 0.2) is 51.5 Å². The van der Waals surface area contributed by atoms with Gasteiger partial charge in [-0.1, -0.05) is 28.1 Å². The zero-order valence-corrected chi connectivity index (χ0v) is 15.9. The highest BCUT2D eigenvalue weighted by molar-refractivity contribution is 9.10. The summed E-state index contributed by atoms with van der Waals surface area (Å²) < 4.78 is 16.5. The molecule has 6 nitrogen and oxygen atoms in total. The Bertz CT molecular complexity index is 714. The molecule has 1 heterocycles. The average Bonchev–Trinajstić information content (AvgIpc) is 2.54. The van der Waals surface area contributed by atoms with Gasteiger partial charge in [-0.3, -0.25) is 0 Å². The molecule has 0 spiro atoms. The molecule has 2 rings (SSSR count). The zero-order valence-electron chi connectivity index (χ0n) is 14.3. The highest BCUT2D eigenvalue weighted by Crippen LogP contribution is 2.41. The van der Waals surface area contributed by atoms with E-state index < -0.39 is 17.9 Å². The number of halogens is 1. The van der Waals surface area contributed by atoms with Gasteiger partial charge in [-0.25, -0.2) is 9.59 Å². The number of allylic oxidation sites excluding steroid dienone is 1. The molecule has 1 aliphatic heterocycles. The number of benzene rings is 1. The van der Waals surface area contributed by atoms with Crippen LogP contribution in [0.5, 0.6) is 0 Å². The lowest BCUT2D eigenvalue weighted by Crippen LogP contribution is -2.30. The smallest absolute Gasteiger partial charge is 0.340 e. The molecule has 134 valence electrons. The molecule has 25 heavy (non-hydrogen) atoms. The van der Waals surface area contributed by atoms with Crippen molar-refractivity contribution in [1.82, 2.24) is 0 Å².